The second-order valence-corrected chi connectivity index (χ2v) is 7.68. The maximum atomic E-state index is 5.76. The Kier molecular flexibility index (Phi) is 3.32. The van der Waals surface area contributed by atoms with E-state index in [-0.39, 0.29) is 5.41 Å². The van der Waals surface area contributed by atoms with Gasteiger partial charge in [0.2, 0.25) is 0 Å². The molecule has 2 aliphatic rings. The monoisotopic (exact) mass is 273 g/mol. The lowest BCUT2D eigenvalue weighted by Gasteiger charge is -2.33. The molecule has 2 nitrogen and oxygen atoms in total. The summed E-state index contributed by atoms with van der Waals surface area (Å²) in [4.78, 5) is 2.60. The van der Waals surface area contributed by atoms with Gasteiger partial charge in [0.1, 0.15) is 0 Å². The Morgan fingerprint density at radius 3 is 2.50 bits per heavy atom. The fraction of sp³-hybridized carbons (Fsp3) is 0.667. The number of rotatable bonds is 2. The maximum Gasteiger partial charge on any atom is 0.0771 e. The van der Waals surface area contributed by atoms with Gasteiger partial charge in [-0.25, -0.2) is 0 Å². The molecule has 1 aromatic carbocycles. The number of ether oxygens (including phenoxy) is 1. The zero-order valence-electron chi connectivity index (χ0n) is 13.4. The molecule has 0 N–H and O–H groups in total. The SMILES string of the molecule is CC(C)c1ccc(C(C)(C)C)cc1N1C[C@@H]2C[C@H]1CO2. The van der Waals surface area contributed by atoms with Gasteiger partial charge in [-0.05, 0) is 34.9 Å². The van der Waals surface area contributed by atoms with Crippen molar-refractivity contribution in [3.63, 3.8) is 0 Å². The zero-order valence-corrected chi connectivity index (χ0v) is 13.4. The van der Waals surface area contributed by atoms with Gasteiger partial charge in [0.25, 0.3) is 0 Å². The highest BCUT2D eigenvalue weighted by molar-refractivity contribution is 5.59. The first-order valence-electron chi connectivity index (χ1n) is 7.89. The van der Waals surface area contributed by atoms with Gasteiger partial charge in [-0.2, -0.15) is 0 Å². The van der Waals surface area contributed by atoms with Crippen molar-refractivity contribution in [1.82, 2.24) is 0 Å². The van der Waals surface area contributed by atoms with E-state index < -0.39 is 0 Å². The van der Waals surface area contributed by atoms with Crippen molar-refractivity contribution in [2.24, 2.45) is 0 Å². The Labute approximate surface area is 123 Å². The molecule has 2 saturated heterocycles. The first-order chi connectivity index (χ1) is 9.36. The quantitative estimate of drug-likeness (QED) is 0.805. The van der Waals surface area contributed by atoms with E-state index in [1.807, 2.05) is 0 Å². The van der Waals surface area contributed by atoms with Crippen LogP contribution in [0.15, 0.2) is 18.2 Å². The van der Waals surface area contributed by atoms with E-state index in [9.17, 15) is 0 Å². The average Bonchev–Trinajstić information content (AvgIpc) is 2.99. The summed E-state index contributed by atoms with van der Waals surface area (Å²) in [6.45, 7) is 13.4. The summed E-state index contributed by atoms with van der Waals surface area (Å²) in [6.07, 6.45) is 1.66. The summed E-state index contributed by atoms with van der Waals surface area (Å²) < 4.78 is 5.76. The van der Waals surface area contributed by atoms with Crippen LogP contribution in [0.5, 0.6) is 0 Å². The lowest BCUT2D eigenvalue weighted by atomic mass is 9.85. The normalized spacial score (nSPS) is 25.8. The molecule has 0 saturated carbocycles. The Bertz CT molecular complexity index is 501. The molecule has 2 bridgehead atoms. The molecule has 0 aromatic heterocycles. The van der Waals surface area contributed by atoms with Crippen molar-refractivity contribution in [2.45, 2.75) is 64.5 Å². The van der Waals surface area contributed by atoms with Crippen LogP contribution in [0.2, 0.25) is 0 Å². The maximum absolute atomic E-state index is 5.76. The molecule has 1 aromatic rings. The Balaban J connectivity index is 2.02. The molecular weight excluding hydrogens is 246 g/mol. The number of benzene rings is 1. The van der Waals surface area contributed by atoms with Crippen LogP contribution in [0.1, 0.15) is 58.1 Å². The van der Waals surface area contributed by atoms with Crippen LogP contribution < -0.4 is 4.90 Å². The lowest BCUT2D eigenvalue weighted by Crippen LogP contribution is -2.37. The van der Waals surface area contributed by atoms with E-state index >= 15 is 0 Å². The molecule has 2 fully saturated rings. The van der Waals surface area contributed by atoms with Crippen molar-refractivity contribution in [3.8, 4) is 0 Å². The van der Waals surface area contributed by atoms with Crippen LogP contribution in [0.3, 0.4) is 0 Å². The van der Waals surface area contributed by atoms with Crippen LogP contribution in [-0.4, -0.2) is 25.3 Å². The van der Waals surface area contributed by atoms with Crippen molar-refractivity contribution >= 4 is 5.69 Å². The molecule has 3 rings (SSSR count). The minimum absolute atomic E-state index is 0.208. The van der Waals surface area contributed by atoms with Crippen LogP contribution in [-0.2, 0) is 10.2 Å². The minimum Gasteiger partial charge on any atom is -0.374 e. The molecular formula is C18H27NO. The van der Waals surface area contributed by atoms with E-state index in [1.165, 1.54) is 23.2 Å². The van der Waals surface area contributed by atoms with Gasteiger partial charge in [-0.1, -0.05) is 46.8 Å². The molecule has 0 unspecified atom stereocenters. The second kappa shape index (κ2) is 4.77. The van der Waals surface area contributed by atoms with Gasteiger partial charge in [-0.15, -0.1) is 0 Å². The molecule has 0 amide bonds. The lowest BCUT2D eigenvalue weighted by molar-refractivity contribution is 0.0990. The van der Waals surface area contributed by atoms with E-state index in [1.54, 1.807) is 0 Å². The van der Waals surface area contributed by atoms with Crippen molar-refractivity contribution in [1.29, 1.82) is 0 Å². The number of anilines is 1. The van der Waals surface area contributed by atoms with Crippen LogP contribution >= 0.6 is 0 Å². The molecule has 2 aliphatic heterocycles. The van der Waals surface area contributed by atoms with E-state index in [4.69, 9.17) is 4.74 Å². The van der Waals surface area contributed by atoms with E-state index in [0.717, 1.165) is 13.2 Å². The smallest absolute Gasteiger partial charge is 0.0771 e. The first-order valence-corrected chi connectivity index (χ1v) is 7.89. The van der Waals surface area contributed by atoms with Gasteiger partial charge < -0.3 is 9.64 Å². The van der Waals surface area contributed by atoms with Crippen LogP contribution in [0, 0.1) is 0 Å². The van der Waals surface area contributed by atoms with Crippen molar-refractivity contribution < 1.29 is 4.74 Å². The van der Waals surface area contributed by atoms with Gasteiger partial charge in [0.15, 0.2) is 0 Å². The summed E-state index contributed by atoms with van der Waals surface area (Å²) >= 11 is 0. The Morgan fingerprint density at radius 1 is 1.25 bits per heavy atom. The van der Waals surface area contributed by atoms with E-state index in [0.29, 0.717) is 18.1 Å². The molecule has 0 aliphatic carbocycles. The number of nitrogens with zero attached hydrogens (tertiary/aromatic N) is 1. The summed E-state index contributed by atoms with van der Waals surface area (Å²) in [5.74, 6) is 0.569. The average molecular weight is 273 g/mol. The summed E-state index contributed by atoms with van der Waals surface area (Å²) in [7, 11) is 0. The van der Waals surface area contributed by atoms with Gasteiger partial charge >= 0.3 is 0 Å². The van der Waals surface area contributed by atoms with E-state index in [2.05, 4.69) is 57.7 Å². The Hall–Kier alpha value is -1.02. The van der Waals surface area contributed by atoms with Crippen LogP contribution in [0.4, 0.5) is 5.69 Å². The largest absolute Gasteiger partial charge is 0.374 e. The molecule has 20 heavy (non-hydrogen) atoms. The highest BCUT2D eigenvalue weighted by atomic mass is 16.5. The topological polar surface area (TPSA) is 12.5 Å². The highest BCUT2D eigenvalue weighted by Crippen LogP contribution is 2.39. The molecule has 2 heteroatoms. The third kappa shape index (κ3) is 2.35. The van der Waals surface area contributed by atoms with Gasteiger partial charge in [-0.3, -0.25) is 0 Å². The van der Waals surface area contributed by atoms with Crippen molar-refractivity contribution in [3.05, 3.63) is 29.3 Å². The predicted molar refractivity (Wildman–Crippen MR) is 84.7 cm³/mol. The fourth-order valence-corrected chi connectivity index (χ4v) is 3.44. The van der Waals surface area contributed by atoms with Crippen molar-refractivity contribution in [2.75, 3.05) is 18.1 Å². The molecule has 2 atom stereocenters. The number of hydrogen-bond donors (Lipinski definition) is 0. The minimum atomic E-state index is 0.208. The number of fused-ring (bicyclic) bond motifs is 2. The van der Waals surface area contributed by atoms with Gasteiger partial charge in [0, 0.05) is 12.2 Å². The first kappa shape index (κ1) is 13.9. The summed E-state index contributed by atoms with van der Waals surface area (Å²) in [5.41, 5.74) is 4.56. The third-order valence-electron chi connectivity index (χ3n) is 4.73. The number of morpholine rings is 1. The molecule has 0 spiro atoms. The fourth-order valence-electron chi connectivity index (χ4n) is 3.44. The molecule has 2 heterocycles. The molecule has 0 radical (unpaired) electrons. The predicted octanol–water partition coefficient (Wildman–Crippen LogP) is 4.09. The standard InChI is InChI=1S/C18H27NO/c1-12(2)16-7-6-13(18(3,4)5)8-17(16)19-10-15-9-14(19)11-20-15/h6-8,12,14-15H,9-11H2,1-5H3/t14-,15-/m0/s1. The third-order valence-corrected chi connectivity index (χ3v) is 4.73. The zero-order chi connectivity index (χ0) is 14.5. The molecule has 110 valence electrons. The van der Waals surface area contributed by atoms with Crippen LogP contribution in [0.25, 0.3) is 0 Å². The second-order valence-electron chi connectivity index (χ2n) is 7.68. The highest BCUT2D eigenvalue weighted by Gasteiger charge is 2.40. The summed E-state index contributed by atoms with van der Waals surface area (Å²) in [6, 6.07) is 7.67. The Morgan fingerprint density at radius 2 is 2.00 bits per heavy atom. The van der Waals surface area contributed by atoms with Gasteiger partial charge in [0.05, 0.1) is 18.8 Å². The summed E-state index contributed by atoms with van der Waals surface area (Å²) in [5, 5.41) is 0. The number of hydrogen-bond acceptors (Lipinski definition) is 2.